The molecule has 0 saturated carbocycles. The summed E-state index contributed by atoms with van der Waals surface area (Å²) in [5.41, 5.74) is 10.4. The molecule has 0 radical (unpaired) electrons. The van der Waals surface area contributed by atoms with Gasteiger partial charge in [-0.3, -0.25) is 9.69 Å². The quantitative estimate of drug-likeness (QED) is 0.581. The lowest BCUT2D eigenvalue weighted by Crippen LogP contribution is -2.38. The van der Waals surface area contributed by atoms with Gasteiger partial charge in [0.25, 0.3) is 0 Å². The van der Waals surface area contributed by atoms with Crippen LogP contribution in [-0.2, 0) is 17.8 Å². The van der Waals surface area contributed by atoms with Crippen LogP contribution in [-0.4, -0.2) is 48.1 Å². The number of carbonyl (C=O) groups is 1. The van der Waals surface area contributed by atoms with Crippen LogP contribution in [0.4, 0.5) is 0 Å². The smallest absolute Gasteiger partial charge is 0.195 e. The third kappa shape index (κ3) is 4.88. The Kier molecular flexibility index (Phi) is 8.89. The highest BCUT2D eigenvalue weighted by atomic mass is 35.5. The molecule has 2 aromatic carbocycles. The van der Waals surface area contributed by atoms with Crippen molar-refractivity contribution in [3.8, 4) is 0 Å². The van der Waals surface area contributed by atoms with E-state index in [9.17, 15) is 4.79 Å². The molecule has 0 bridgehead atoms. The molecular formula is C23H29Cl2N3O2. The summed E-state index contributed by atoms with van der Waals surface area (Å²) < 4.78 is 7.73. The van der Waals surface area contributed by atoms with E-state index in [-0.39, 0.29) is 30.6 Å². The van der Waals surface area contributed by atoms with Crippen LogP contribution in [0.3, 0.4) is 0 Å². The highest BCUT2D eigenvalue weighted by Gasteiger charge is 2.21. The summed E-state index contributed by atoms with van der Waals surface area (Å²) in [4.78, 5) is 15.7. The minimum absolute atomic E-state index is 0. The fraction of sp³-hybridized carbons (Fsp3) is 0.348. The molecule has 1 fully saturated rings. The number of fused-ring (bicyclic) bond motifs is 1. The molecule has 1 aromatic heterocycles. The molecule has 2 heterocycles. The van der Waals surface area contributed by atoms with Crippen LogP contribution in [0, 0.1) is 6.92 Å². The molecule has 3 aromatic rings. The Morgan fingerprint density at radius 2 is 1.67 bits per heavy atom. The van der Waals surface area contributed by atoms with Crippen molar-refractivity contribution in [1.29, 1.82) is 0 Å². The molecule has 30 heavy (non-hydrogen) atoms. The minimum atomic E-state index is 0. The molecular weight excluding hydrogens is 421 g/mol. The van der Waals surface area contributed by atoms with Gasteiger partial charge in [-0.15, -0.1) is 24.8 Å². The number of ketones is 1. The van der Waals surface area contributed by atoms with Crippen molar-refractivity contribution in [2.45, 2.75) is 20.0 Å². The largest absolute Gasteiger partial charge is 0.379 e. The molecule has 0 amide bonds. The molecule has 5 nitrogen and oxygen atoms in total. The van der Waals surface area contributed by atoms with E-state index < -0.39 is 0 Å². The number of carbonyl (C=O) groups excluding carboxylic acids is 1. The fourth-order valence-electron chi connectivity index (χ4n) is 4.01. The van der Waals surface area contributed by atoms with Gasteiger partial charge in [0.15, 0.2) is 5.78 Å². The zero-order chi connectivity index (χ0) is 19.5. The van der Waals surface area contributed by atoms with Gasteiger partial charge in [-0.05, 0) is 18.6 Å². The van der Waals surface area contributed by atoms with Gasteiger partial charge in [0.05, 0.1) is 18.8 Å². The molecule has 2 N–H and O–H groups in total. The van der Waals surface area contributed by atoms with Gasteiger partial charge >= 0.3 is 0 Å². The number of benzene rings is 2. The Balaban J connectivity index is 0.00000160. The molecule has 0 atom stereocenters. The maximum Gasteiger partial charge on any atom is 0.195 e. The average molecular weight is 450 g/mol. The predicted molar refractivity (Wildman–Crippen MR) is 126 cm³/mol. The lowest BCUT2D eigenvalue weighted by molar-refractivity contribution is 0.0365. The van der Waals surface area contributed by atoms with Crippen molar-refractivity contribution in [2.75, 3.05) is 32.8 Å². The molecule has 0 spiro atoms. The van der Waals surface area contributed by atoms with E-state index >= 15 is 0 Å². The topological polar surface area (TPSA) is 60.5 Å². The van der Waals surface area contributed by atoms with Gasteiger partial charge in [-0.1, -0.05) is 42.5 Å². The van der Waals surface area contributed by atoms with Crippen molar-refractivity contribution < 1.29 is 9.53 Å². The van der Waals surface area contributed by atoms with Gasteiger partial charge in [0, 0.05) is 54.9 Å². The number of ether oxygens (including phenoxy) is 1. The summed E-state index contributed by atoms with van der Waals surface area (Å²) in [5.74, 6) is 0.0717. The van der Waals surface area contributed by atoms with E-state index in [4.69, 9.17) is 10.5 Å². The first-order valence-corrected chi connectivity index (χ1v) is 9.90. The first-order chi connectivity index (χ1) is 13.7. The van der Waals surface area contributed by atoms with E-state index in [0.29, 0.717) is 12.1 Å². The zero-order valence-corrected chi connectivity index (χ0v) is 18.8. The number of nitrogens with two attached hydrogens (primary N) is 1. The molecule has 7 heteroatoms. The Labute approximate surface area is 190 Å². The van der Waals surface area contributed by atoms with Crippen LogP contribution in [0.25, 0.3) is 10.9 Å². The molecule has 1 aliphatic rings. The monoisotopic (exact) mass is 449 g/mol. The van der Waals surface area contributed by atoms with Crippen molar-refractivity contribution in [3.05, 3.63) is 70.9 Å². The maximum absolute atomic E-state index is 13.3. The number of hydrogen-bond donors (Lipinski definition) is 1. The number of nitrogens with zero attached hydrogens (tertiary/aromatic N) is 2. The van der Waals surface area contributed by atoms with Gasteiger partial charge < -0.3 is 15.0 Å². The van der Waals surface area contributed by atoms with E-state index in [1.54, 1.807) is 0 Å². The van der Waals surface area contributed by atoms with E-state index in [2.05, 4.69) is 28.5 Å². The predicted octanol–water partition coefficient (Wildman–Crippen LogP) is 3.82. The third-order valence-corrected chi connectivity index (χ3v) is 5.65. The van der Waals surface area contributed by atoms with Crippen LogP contribution < -0.4 is 5.73 Å². The van der Waals surface area contributed by atoms with Gasteiger partial charge in [0.2, 0.25) is 0 Å². The second-order valence-electron chi connectivity index (χ2n) is 7.31. The van der Waals surface area contributed by atoms with Crippen LogP contribution >= 0.6 is 24.8 Å². The summed E-state index contributed by atoms with van der Waals surface area (Å²) in [6, 6.07) is 15.8. The van der Waals surface area contributed by atoms with Crippen molar-refractivity contribution in [2.24, 2.45) is 5.73 Å². The highest BCUT2D eigenvalue weighted by molar-refractivity contribution is 6.17. The van der Waals surface area contributed by atoms with Gasteiger partial charge in [0.1, 0.15) is 0 Å². The Hall–Kier alpha value is -1.89. The summed E-state index contributed by atoms with van der Waals surface area (Å²) >= 11 is 0. The van der Waals surface area contributed by atoms with Crippen LogP contribution in [0.15, 0.2) is 48.5 Å². The number of para-hydroxylation sites is 1. The van der Waals surface area contributed by atoms with E-state index in [1.165, 1.54) is 0 Å². The number of aromatic nitrogens is 1. The maximum atomic E-state index is 13.3. The first kappa shape index (κ1) is 24.4. The van der Waals surface area contributed by atoms with Crippen molar-refractivity contribution >= 4 is 41.5 Å². The summed E-state index contributed by atoms with van der Waals surface area (Å²) in [5, 5.41) is 1.02. The highest BCUT2D eigenvalue weighted by Crippen LogP contribution is 2.28. The number of halogens is 2. The lowest BCUT2D eigenvalue weighted by atomic mass is 9.99. The van der Waals surface area contributed by atoms with Crippen LogP contribution in [0.1, 0.15) is 27.2 Å². The van der Waals surface area contributed by atoms with Crippen molar-refractivity contribution in [3.63, 3.8) is 0 Å². The summed E-state index contributed by atoms with van der Waals surface area (Å²) in [7, 11) is 0. The number of morpholine rings is 1. The average Bonchev–Trinajstić information content (AvgIpc) is 3.03. The molecule has 0 unspecified atom stereocenters. The van der Waals surface area contributed by atoms with Crippen LogP contribution in [0.5, 0.6) is 0 Å². The minimum Gasteiger partial charge on any atom is -0.379 e. The lowest BCUT2D eigenvalue weighted by Gasteiger charge is -2.27. The molecule has 4 rings (SSSR count). The second-order valence-corrected chi connectivity index (χ2v) is 7.31. The SMILES string of the molecule is Cc1c(C(=O)c2ccc(CN)cc2)c2ccccc2n1CCN1CCOCC1.Cl.Cl. The summed E-state index contributed by atoms with van der Waals surface area (Å²) in [6.07, 6.45) is 0. The van der Waals surface area contributed by atoms with Crippen molar-refractivity contribution in [1.82, 2.24) is 9.47 Å². The summed E-state index contributed by atoms with van der Waals surface area (Å²) in [6.45, 7) is 7.90. The zero-order valence-electron chi connectivity index (χ0n) is 17.2. The number of hydrogen-bond acceptors (Lipinski definition) is 4. The number of rotatable bonds is 6. The molecule has 0 aliphatic carbocycles. The standard InChI is InChI=1S/C23H27N3O2.2ClH/c1-17-22(23(27)19-8-6-18(16-24)7-9-19)20-4-2-3-5-21(20)26(17)11-10-25-12-14-28-15-13-25;;/h2-9H,10-16,24H2,1H3;2*1H. The van der Waals surface area contributed by atoms with E-state index in [1.807, 2.05) is 36.4 Å². The molecule has 1 saturated heterocycles. The van der Waals surface area contributed by atoms with Gasteiger partial charge in [-0.2, -0.15) is 0 Å². The molecule has 1 aliphatic heterocycles. The first-order valence-electron chi connectivity index (χ1n) is 9.90. The Morgan fingerprint density at radius 3 is 2.33 bits per heavy atom. The molecule has 162 valence electrons. The fourth-order valence-corrected chi connectivity index (χ4v) is 4.01. The Morgan fingerprint density at radius 1 is 1.00 bits per heavy atom. The normalized spacial score (nSPS) is 14.2. The van der Waals surface area contributed by atoms with Crippen LogP contribution in [0.2, 0.25) is 0 Å². The van der Waals surface area contributed by atoms with E-state index in [0.717, 1.165) is 67.1 Å². The third-order valence-electron chi connectivity index (χ3n) is 5.65. The van der Waals surface area contributed by atoms with Gasteiger partial charge in [-0.25, -0.2) is 0 Å². The second kappa shape index (κ2) is 10.9. The Bertz CT molecular complexity index is 980.